The summed E-state index contributed by atoms with van der Waals surface area (Å²) in [5.74, 6) is 1.41. The molecule has 2 aliphatic heterocycles. The number of morpholine rings is 1. The molecule has 148 valence electrons. The fraction of sp³-hybridized carbons (Fsp3) is 0.947. The van der Waals surface area contributed by atoms with Crippen molar-refractivity contribution in [2.75, 3.05) is 53.0 Å². The average molecular weight is 367 g/mol. The summed E-state index contributed by atoms with van der Waals surface area (Å²) in [5, 5.41) is 17.8. The first-order valence-electron chi connectivity index (χ1n) is 10.2. The van der Waals surface area contributed by atoms with E-state index in [0.29, 0.717) is 36.6 Å². The molecule has 7 nitrogen and oxygen atoms in total. The predicted molar refractivity (Wildman–Crippen MR) is 100 cm³/mol. The monoisotopic (exact) mass is 366 g/mol. The molecule has 4 unspecified atom stereocenters. The topological polar surface area (TPSA) is 78.4 Å². The van der Waals surface area contributed by atoms with Crippen LogP contribution in [0.25, 0.3) is 0 Å². The van der Waals surface area contributed by atoms with Crippen LogP contribution in [0.3, 0.4) is 0 Å². The Morgan fingerprint density at radius 2 is 2.08 bits per heavy atom. The standard InChI is InChI=1S/C19H34N4O3/c1-18(24,13-23-7-10-25-11-8-23)12-21-17(20-2)22-15-14-4-9-26-16(14)19(15)5-3-6-19/h14-16,24H,3-13H2,1-2H3,(H2,20,21,22). The number of rotatable bonds is 5. The lowest BCUT2D eigenvalue weighted by atomic mass is 9.46. The van der Waals surface area contributed by atoms with Gasteiger partial charge in [0.1, 0.15) is 0 Å². The summed E-state index contributed by atoms with van der Waals surface area (Å²) in [6.45, 7) is 7.19. The van der Waals surface area contributed by atoms with Crippen molar-refractivity contribution in [2.24, 2.45) is 16.3 Å². The van der Waals surface area contributed by atoms with Crippen LogP contribution in [0, 0.1) is 11.3 Å². The fourth-order valence-electron chi connectivity index (χ4n) is 5.37. The first-order chi connectivity index (χ1) is 12.5. The van der Waals surface area contributed by atoms with Gasteiger partial charge in [0, 0.05) is 57.2 Å². The number of guanidine groups is 1. The molecule has 2 aliphatic carbocycles. The van der Waals surface area contributed by atoms with Gasteiger partial charge in [-0.25, -0.2) is 0 Å². The number of nitrogens with zero attached hydrogens (tertiary/aromatic N) is 2. The van der Waals surface area contributed by atoms with Gasteiger partial charge in [-0.3, -0.25) is 9.89 Å². The van der Waals surface area contributed by atoms with Crippen LogP contribution in [0.4, 0.5) is 0 Å². The quantitative estimate of drug-likeness (QED) is 0.476. The molecule has 4 aliphatic rings. The van der Waals surface area contributed by atoms with Crippen LogP contribution in [0.15, 0.2) is 4.99 Å². The molecule has 4 fully saturated rings. The highest BCUT2D eigenvalue weighted by Crippen LogP contribution is 2.62. The van der Waals surface area contributed by atoms with Gasteiger partial charge >= 0.3 is 0 Å². The number of aliphatic hydroxyl groups is 1. The van der Waals surface area contributed by atoms with Crippen molar-refractivity contribution in [1.82, 2.24) is 15.5 Å². The van der Waals surface area contributed by atoms with Gasteiger partial charge in [0.25, 0.3) is 0 Å². The van der Waals surface area contributed by atoms with Crippen molar-refractivity contribution in [2.45, 2.75) is 50.4 Å². The Bertz CT molecular complexity index is 529. The van der Waals surface area contributed by atoms with E-state index >= 15 is 0 Å². The van der Waals surface area contributed by atoms with Gasteiger partial charge in [0.2, 0.25) is 0 Å². The van der Waals surface area contributed by atoms with E-state index in [4.69, 9.17) is 9.47 Å². The third-order valence-electron chi connectivity index (χ3n) is 6.86. The highest BCUT2D eigenvalue weighted by Gasteiger charge is 2.66. The van der Waals surface area contributed by atoms with Gasteiger partial charge in [-0.1, -0.05) is 6.42 Å². The zero-order chi connectivity index (χ0) is 18.2. The highest BCUT2D eigenvalue weighted by atomic mass is 16.5. The lowest BCUT2D eigenvalue weighted by molar-refractivity contribution is -0.171. The van der Waals surface area contributed by atoms with E-state index in [0.717, 1.165) is 45.3 Å². The fourth-order valence-corrected chi connectivity index (χ4v) is 5.37. The summed E-state index contributed by atoms with van der Waals surface area (Å²) in [5.41, 5.74) is -0.475. The normalized spacial score (nSPS) is 36.0. The van der Waals surface area contributed by atoms with E-state index in [1.165, 1.54) is 19.3 Å². The van der Waals surface area contributed by atoms with Crippen LogP contribution in [0.2, 0.25) is 0 Å². The van der Waals surface area contributed by atoms with Crippen molar-refractivity contribution in [3.8, 4) is 0 Å². The molecule has 26 heavy (non-hydrogen) atoms. The number of hydrogen-bond donors (Lipinski definition) is 3. The summed E-state index contributed by atoms with van der Waals surface area (Å²) in [6, 6.07) is 0.458. The Morgan fingerprint density at radius 3 is 2.73 bits per heavy atom. The maximum Gasteiger partial charge on any atom is 0.191 e. The number of hydrogen-bond acceptors (Lipinski definition) is 5. The summed E-state index contributed by atoms with van der Waals surface area (Å²) in [4.78, 5) is 6.67. The highest BCUT2D eigenvalue weighted by molar-refractivity contribution is 5.80. The van der Waals surface area contributed by atoms with Crippen molar-refractivity contribution >= 4 is 5.96 Å². The Balaban J connectivity index is 1.29. The molecule has 2 heterocycles. The Labute approximate surface area is 156 Å². The van der Waals surface area contributed by atoms with Crippen molar-refractivity contribution in [1.29, 1.82) is 0 Å². The number of β-amino-alcohol motifs (C(OH)–C–C–N with tert-alkyl or cyclic N) is 1. The lowest BCUT2D eigenvalue weighted by Gasteiger charge is -2.63. The lowest BCUT2D eigenvalue weighted by Crippen LogP contribution is -2.72. The van der Waals surface area contributed by atoms with E-state index < -0.39 is 5.60 Å². The molecular weight excluding hydrogens is 332 g/mol. The van der Waals surface area contributed by atoms with Crippen LogP contribution < -0.4 is 10.6 Å². The molecule has 4 atom stereocenters. The molecule has 0 amide bonds. The minimum absolute atomic E-state index is 0.328. The minimum Gasteiger partial charge on any atom is -0.387 e. The van der Waals surface area contributed by atoms with Gasteiger partial charge < -0.3 is 25.2 Å². The number of nitrogens with one attached hydrogen (secondary N) is 2. The second kappa shape index (κ2) is 7.26. The van der Waals surface area contributed by atoms with Gasteiger partial charge in [0.15, 0.2) is 5.96 Å². The number of aliphatic imine (C=N–C) groups is 1. The molecule has 7 heteroatoms. The van der Waals surface area contributed by atoms with E-state index in [1.54, 1.807) is 7.05 Å². The van der Waals surface area contributed by atoms with Crippen molar-refractivity contribution in [3.05, 3.63) is 0 Å². The molecule has 2 saturated heterocycles. The average Bonchev–Trinajstić information content (AvgIpc) is 2.99. The van der Waals surface area contributed by atoms with E-state index in [9.17, 15) is 5.11 Å². The molecule has 2 saturated carbocycles. The minimum atomic E-state index is -0.804. The molecule has 3 N–H and O–H groups in total. The van der Waals surface area contributed by atoms with Crippen molar-refractivity contribution in [3.63, 3.8) is 0 Å². The summed E-state index contributed by atoms with van der Waals surface area (Å²) in [6.07, 6.45) is 5.44. The third kappa shape index (κ3) is 3.35. The molecule has 0 aromatic rings. The largest absolute Gasteiger partial charge is 0.387 e. The van der Waals surface area contributed by atoms with Crippen LogP contribution in [-0.4, -0.2) is 86.8 Å². The number of ether oxygens (including phenoxy) is 2. The van der Waals surface area contributed by atoms with Crippen LogP contribution in [0.1, 0.15) is 32.6 Å². The zero-order valence-electron chi connectivity index (χ0n) is 16.2. The van der Waals surface area contributed by atoms with E-state index in [2.05, 4.69) is 20.5 Å². The molecule has 1 spiro atoms. The Hall–Kier alpha value is -0.890. The maximum atomic E-state index is 10.8. The maximum absolute atomic E-state index is 10.8. The molecule has 0 aromatic carbocycles. The zero-order valence-corrected chi connectivity index (χ0v) is 16.2. The molecule has 0 aromatic heterocycles. The first kappa shape index (κ1) is 18.5. The summed E-state index contributed by atoms with van der Waals surface area (Å²) >= 11 is 0. The molecular formula is C19H34N4O3. The SMILES string of the molecule is CN=C(NCC(C)(O)CN1CCOCC1)NC1C2CCOC2C12CCC2. The van der Waals surface area contributed by atoms with E-state index in [1.807, 2.05) is 6.92 Å². The smallest absolute Gasteiger partial charge is 0.191 e. The third-order valence-corrected chi connectivity index (χ3v) is 6.86. The molecule has 4 rings (SSSR count). The first-order valence-corrected chi connectivity index (χ1v) is 10.2. The van der Waals surface area contributed by atoms with Crippen molar-refractivity contribution < 1.29 is 14.6 Å². The number of fused-ring (bicyclic) bond motifs is 2. The predicted octanol–water partition coefficient (Wildman–Crippen LogP) is 0.192. The Morgan fingerprint density at radius 1 is 1.31 bits per heavy atom. The second-order valence-corrected chi connectivity index (χ2v) is 8.76. The summed E-state index contributed by atoms with van der Waals surface area (Å²) in [7, 11) is 1.81. The summed E-state index contributed by atoms with van der Waals surface area (Å²) < 4.78 is 11.4. The van der Waals surface area contributed by atoms with Gasteiger partial charge in [-0.2, -0.15) is 0 Å². The van der Waals surface area contributed by atoms with Gasteiger partial charge in [0.05, 0.1) is 24.9 Å². The van der Waals surface area contributed by atoms with Gasteiger partial charge in [-0.15, -0.1) is 0 Å². The van der Waals surface area contributed by atoms with E-state index in [-0.39, 0.29) is 0 Å². The van der Waals surface area contributed by atoms with Gasteiger partial charge in [-0.05, 0) is 26.2 Å². The Kier molecular flexibility index (Phi) is 5.16. The second-order valence-electron chi connectivity index (χ2n) is 8.76. The van der Waals surface area contributed by atoms with Crippen LogP contribution in [-0.2, 0) is 9.47 Å². The van der Waals surface area contributed by atoms with Crippen LogP contribution in [0.5, 0.6) is 0 Å². The molecule has 0 bridgehead atoms. The molecule has 0 radical (unpaired) electrons. The van der Waals surface area contributed by atoms with Crippen LogP contribution >= 0.6 is 0 Å².